The van der Waals surface area contributed by atoms with E-state index in [9.17, 15) is 14.4 Å². The lowest BCUT2D eigenvalue weighted by Gasteiger charge is -2.29. The van der Waals surface area contributed by atoms with E-state index in [1.807, 2.05) is 24.4 Å². The number of likely N-dealkylation sites (tertiary alicyclic amines) is 1. The Morgan fingerprint density at radius 1 is 1.09 bits per heavy atom. The molecule has 3 aliphatic rings. The zero-order chi connectivity index (χ0) is 22.5. The zero-order valence-electron chi connectivity index (χ0n) is 18.1. The predicted molar refractivity (Wildman–Crippen MR) is 120 cm³/mol. The highest BCUT2D eigenvalue weighted by Crippen LogP contribution is 2.32. The van der Waals surface area contributed by atoms with E-state index in [4.69, 9.17) is 4.98 Å². The molecule has 2 fully saturated rings. The first-order valence-corrected chi connectivity index (χ1v) is 11.4. The van der Waals surface area contributed by atoms with Crippen LogP contribution in [0.25, 0.3) is 22.3 Å². The van der Waals surface area contributed by atoms with Gasteiger partial charge in [0.1, 0.15) is 6.04 Å². The summed E-state index contributed by atoms with van der Waals surface area (Å²) in [5.41, 5.74) is 5.16. The van der Waals surface area contributed by atoms with Crippen LogP contribution in [0.15, 0.2) is 30.5 Å². The van der Waals surface area contributed by atoms with Gasteiger partial charge in [0.05, 0.1) is 11.9 Å². The maximum atomic E-state index is 13.0. The third-order valence-electron chi connectivity index (χ3n) is 6.92. The summed E-state index contributed by atoms with van der Waals surface area (Å²) < 4.78 is 0. The molecule has 168 valence electrons. The molecule has 3 aliphatic heterocycles. The quantitative estimate of drug-likeness (QED) is 0.596. The number of hydrogen-bond acceptors (Lipinski definition) is 6. The zero-order valence-corrected chi connectivity index (χ0v) is 18.1. The van der Waals surface area contributed by atoms with Crippen molar-refractivity contribution >= 4 is 28.8 Å². The number of aromatic nitrogens is 3. The number of aromatic amines is 1. The number of pyridine rings is 1. The number of carbonyl (C=O) groups excluding carboxylic acids is 3. The third kappa shape index (κ3) is 3.48. The molecule has 0 aliphatic carbocycles. The fraction of sp³-hybridized carbons (Fsp3) is 0.375. The molecular weight excluding hydrogens is 420 g/mol. The summed E-state index contributed by atoms with van der Waals surface area (Å²) in [5, 5.41) is 10.6. The minimum Gasteiger partial charge on any atom is -0.322 e. The number of nitrogens with one attached hydrogen (secondary N) is 2. The van der Waals surface area contributed by atoms with Gasteiger partial charge in [-0.05, 0) is 61.7 Å². The number of imide groups is 1. The van der Waals surface area contributed by atoms with Gasteiger partial charge in [0.15, 0.2) is 5.65 Å². The molecule has 3 amide bonds. The second-order valence-electron chi connectivity index (χ2n) is 9.05. The SMILES string of the molecule is O=C1CCC(N2Cc3cc(-c4cc(CN5CCCC5)c5cn[nH]c5n4)ccc3C2=O)C(=O)N1. The minimum absolute atomic E-state index is 0.169. The number of rotatable bonds is 4. The van der Waals surface area contributed by atoms with Crippen molar-refractivity contribution in [1.29, 1.82) is 0 Å². The number of nitrogens with zero attached hydrogens (tertiary/aromatic N) is 4. The maximum absolute atomic E-state index is 13.0. The Hall–Kier alpha value is -3.59. The molecule has 2 aromatic heterocycles. The summed E-state index contributed by atoms with van der Waals surface area (Å²) >= 11 is 0. The van der Waals surface area contributed by atoms with Crippen LogP contribution in [0.1, 0.15) is 47.2 Å². The number of H-pyrrole nitrogens is 1. The van der Waals surface area contributed by atoms with Crippen LogP contribution in [-0.4, -0.2) is 61.8 Å². The number of benzene rings is 1. The van der Waals surface area contributed by atoms with Gasteiger partial charge in [-0.3, -0.25) is 29.7 Å². The summed E-state index contributed by atoms with van der Waals surface area (Å²) in [6, 6.07) is 7.22. The summed E-state index contributed by atoms with van der Waals surface area (Å²) in [7, 11) is 0. The topological polar surface area (TPSA) is 111 Å². The molecule has 0 saturated carbocycles. The largest absolute Gasteiger partial charge is 0.322 e. The van der Waals surface area contributed by atoms with Gasteiger partial charge in [-0.2, -0.15) is 5.10 Å². The van der Waals surface area contributed by atoms with Crippen LogP contribution in [0.3, 0.4) is 0 Å². The van der Waals surface area contributed by atoms with Crippen LogP contribution in [0, 0.1) is 0 Å². The van der Waals surface area contributed by atoms with Crippen molar-refractivity contribution in [1.82, 2.24) is 30.3 Å². The molecule has 2 saturated heterocycles. The van der Waals surface area contributed by atoms with E-state index in [0.717, 1.165) is 47.5 Å². The van der Waals surface area contributed by atoms with Crippen molar-refractivity contribution in [2.45, 2.75) is 44.8 Å². The highest BCUT2D eigenvalue weighted by atomic mass is 16.2. The Labute approximate surface area is 190 Å². The van der Waals surface area contributed by atoms with Gasteiger partial charge >= 0.3 is 0 Å². The van der Waals surface area contributed by atoms with Crippen molar-refractivity contribution in [3.63, 3.8) is 0 Å². The van der Waals surface area contributed by atoms with Crippen LogP contribution >= 0.6 is 0 Å². The first-order chi connectivity index (χ1) is 16.1. The highest BCUT2D eigenvalue weighted by molar-refractivity contribution is 6.05. The summed E-state index contributed by atoms with van der Waals surface area (Å²) in [4.78, 5) is 45.6. The van der Waals surface area contributed by atoms with E-state index >= 15 is 0 Å². The van der Waals surface area contributed by atoms with Crippen molar-refractivity contribution in [3.05, 3.63) is 47.2 Å². The molecule has 6 rings (SSSR count). The number of carbonyl (C=O) groups is 3. The minimum atomic E-state index is -0.613. The maximum Gasteiger partial charge on any atom is 0.255 e. The first-order valence-electron chi connectivity index (χ1n) is 11.4. The van der Waals surface area contributed by atoms with Gasteiger partial charge in [-0.25, -0.2) is 4.98 Å². The highest BCUT2D eigenvalue weighted by Gasteiger charge is 2.39. The Morgan fingerprint density at radius 3 is 2.76 bits per heavy atom. The molecule has 9 heteroatoms. The van der Waals surface area contributed by atoms with Crippen LogP contribution in [0.2, 0.25) is 0 Å². The average molecular weight is 444 g/mol. The van der Waals surface area contributed by atoms with Crippen molar-refractivity contribution in [2.24, 2.45) is 0 Å². The first kappa shape index (κ1) is 20.0. The van der Waals surface area contributed by atoms with E-state index < -0.39 is 11.9 Å². The number of fused-ring (bicyclic) bond motifs is 2. The number of piperidine rings is 1. The van der Waals surface area contributed by atoms with Crippen LogP contribution in [0.4, 0.5) is 0 Å². The molecule has 5 heterocycles. The van der Waals surface area contributed by atoms with Gasteiger partial charge in [0, 0.05) is 36.0 Å². The second-order valence-corrected chi connectivity index (χ2v) is 9.05. The van der Waals surface area contributed by atoms with Gasteiger partial charge in [-0.15, -0.1) is 0 Å². The van der Waals surface area contributed by atoms with Gasteiger partial charge in [0.25, 0.3) is 5.91 Å². The Kier molecular flexibility index (Phi) is 4.72. The van der Waals surface area contributed by atoms with E-state index in [1.54, 1.807) is 4.90 Å². The second kappa shape index (κ2) is 7.77. The smallest absolute Gasteiger partial charge is 0.255 e. The summed E-state index contributed by atoms with van der Waals surface area (Å²) in [6.07, 6.45) is 4.89. The van der Waals surface area contributed by atoms with Crippen LogP contribution < -0.4 is 5.32 Å². The number of hydrogen-bond donors (Lipinski definition) is 2. The molecule has 2 N–H and O–H groups in total. The lowest BCUT2D eigenvalue weighted by molar-refractivity contribution is -0.136. The normalized spacial score (nSPS) is 21.2. The fourth-order valence-corrected chi connectivity index (χ4v) is 5.19. The fourth-order valence-electron chi connectivity index (χ4n) is 5.19. The molecule has 9 nitrogen and oxygen atoms in total. The summed E-state index contributed by atoms with van der Waals surface area (Å²) in [5.74, 6) is -0.851. The lowest BCUT2D eigenvalue weighted by Crippen LogP contribution is -2.52. The van der Waals surface area contributed by atoms with Gasteiger partial charge < -0.3 is 4.90 Å². The number of amides is 3. The molecule has 3 aromatic rings. The predicted octanol–water partition coefficient (Wildman–Crippen LogP) is 1.98. The molecule has 33 heavy (non-hydrogen) atoms. The molecule has 1 unspecified atom stereocenters. The van der Waals surface area contributed by atoms with E-state index in [1.165, 1.54) is 18.4 Å². The van der Waals surface area contributed by atoms with Crippen molar-refractivity contribution in [3.8, 4) is 11.3 Å². The van der Waals surface area contributed by atoms with Crippen LogP contribution in [-0.2, 0) is 22.7 Å². The van der Waals surface area contributed by atoms with E-state index in [2.05, 4.69) is 26.5 Å². The molecule has 0 radical (unpaired) electrons. The summed E-state index contributed by atoms with van der Waals surface area (Å²) in [6.45, 7) is 3.42. The van der Waals surface area contributed by atoms with Gasteiger partial charge in [-0.1, -0.05) is 6.07 Å². The molecular formula is C24H24N6O3. The Morgan fingerprint density at radius 2 is 1.94 bits per heavy atom. The van der Waals surface area contributed by atoms with Crippen molar-refractivity contribution < 1.29 is 14.4 Å². The van der Waals surface area contributed by atoms with Crippen molar-refractivity contribution in [2.75, 3.05) is 13.1 Å². The lowest BCUT2D eigenvalue weighted by atomic mass is 10.0. The van der Waals surface area contributed by atoms with Gasteiger partial charge in [0.2, 0.25) is 11.8 Å². The Bertz CT molecular complexity index is 1290. The molecule has 1 atom stereocenters. The van der Waals surface area contributed by atoms with Crippen LogP contribution in [0.5, 0.6) is 0 Å². The van der Waals surface area contributed by atoms with E-state index in [0.29, 0.717) is 18.5 Å². The monoisotopic (exact) mass is 444 g/mol. The standard InChI is InChI=1S/C24H24N6O3/c31-21-6-5-20(23(32)27-21)30-13-15-9-14(3-4-17(15)24(30)33)19-10-16(12-29-7-1-2-8-29)18-11-25-28-22(18)26-19/h3-4,9-11,20H,1-2,5-8,12-13H2,(H,25,26,28)(H,27,31,32). The molecule has 0 spiro atoms. The Balaban J connectivity index is 1.32. The molecule has 1 aromatic carbocycles. The van der Waals surface area contributed by atoms with E-state index in [-0.39, 0.29) is 18.2 Å². The average Bonchev–Trinajstić information content (AvgIpc) is 3.54. The molecule has 0 bridgehead atoms. The third-order valence-corrected chi connectivity index (χ3v) is 6.92.